The standard InChI is InChI=1S/C19H28N2O2/c1-19(2,3)23-18(22)14-7-10-21(11-8-14)17-5-4-16-13-20-9-6-15(16)12-17/h4-5,12,14,20H,6-11,13H2,1-3H3. The molecule has 2 aliphatic rings. The van der Waals surface area contributed by atoms with Crippen molar-refractivity contribution in [1.82, 2.24) is 5.32 Å². The predicted molar refractivity (Wildman–Crippen MR) is 92.6 cm³/mol. The molecule has 0 amide bonds. The number of fused-ring (bicyclic) bond motifs is 1. The van der Waals surface area contributed by atoms with Crippen molar-refractivity contribution >= 4 is 11.7 Å². The smallest absolute Gasteiger partial charge is 0.309 e. The monoisotopic (exact) mass is 316 g/mol. The van der Waals surface area contributed by atoms with E-state index in [4.69, 9.17) is 4.74 Å². The molecule has 0 bridgehead atoms. The predicted octanol–water partition coefficient (Wildman–Crippen LogP) is 2.89. The number of carbonyl (C=O) groups is 1. The van der Waals surface area contributed by atoms with E-state index in [1.54, 1.807) is 0 Å². The van der Waals surface area contributed by atoms with Crippen LogP contribution < -0.4 is 10.2 Å². The topological polar surface area (TPSA) is 41.6 Å². The highest BCUT2D eigenvalue weighted by molar-refractivity contribution is 5.73. The molecule has 23 heavy (non-hydrogen) atoms. The first-order chi connectivity index (χ1) is 10.9. The summed E-state index contributed by atoms with van der Waals surface area (Å²) in [5, 5.41) is 3.41. The minimum atomic E-state index is -0.388. The largest absolute Gasteiger partial charge is 0.460 e. The van der Waals surface area contributed by atoms with Crippen LogP contribution in [0, 0.1) is 5.92 Å². The number of carbonyl (C=O) groups excluding carboxylic acids is 1. The molecule has 1 aromatic carbocycles. The second-order valence-electron chi connectivity index (χ2n) is 7.67. The summed E-state index contributed by atoms with van der Waals surface area (Å²) in [6, 6.07) is 6.81. The molecule has 0 spiro atoms. The molecule has 1 aromatic rings. The number of rotatable bonds is 2. The molecular weight excluding hydrogens is 288 g/mol. The Balaban J connectivity index is 1.60. The van der Waals surface area contributed by atoms with Gasteiger partial charge in [0.15, 0.2) is 0 Å². The zero-order chi connectivity index (χ0) is 16.4. The third kappa shape index (κ3) is 4.05. The van der Waals surface area contributed by atoms with Gasteiger partial charge in [0.05, 0.1) is 5.92 Å². The Morgan fingerprint density at radius 1 is 1.22 bits per heavy atom. The van der Waals surface area contributed by atoms with Crippen molar-refractivity contribution < 1.29 is 9.53 Å². The summed E-state index contributed by atoms with van der Waals surface area (Å²) in [5.41, 5.74) is 3.80. The molecular formula is C19H28N2O2. The lowest BCUT2D eigenvalue weighted by atomic mass is 9.95. The van der Waals surface area contributed by atoms with Crippen LogP contribution in [-0.4, -0.2) is 31.2 Å². The van der Waals surface area contributed by atoms with Crippen LogP contribution in [-0.2, 0) is 22.5 Å². The molecule has 0 atom stereocenters. The lowest BCUT2D eigenvalue weighted by molar-refractivity contribution is -0.160. The molecule has 126 valence electrons. The minimum absolute atomic E-state index is 0.0336. The fourth-order valence-corrected chi connectivity index (χ4v) is 3.42. The van der Waals surface area contributed by atoms with E-state index in [1.807, 2.05) is 20.8 Å². The Kier molecular flexibility index (Phi) is 4.62. The van der Waals surface area contributed by atoms with Crippen LogP contribution in [0.15, 0.2) is 18.2 Å². The Morgan fingerprint density at radius 2 is 1.96 bits per heavy atom. The highest BCUT2D eigenvalue weighted by Gasteiger charge is 2.29. The van der Waals surface area contributed by atoms with E-state index in [0.717, 1.165) is 45.4 Å². The average Bonchev–Trinajstić information content (AvgIpc) is 2.53. The van der Waals surface area contributed by atoms with E-state index in [1.165, 1.54) is 16.8 Å². The summed E-state index contributed by atoms with van der Waals surface area (Å²) in [6.07, 6.45) is 2.87. The highest BCUT2D eigenvalue weighted by Crippen LogP contribution is 2.28. The van der Waals surface area contributed by atoms with Gasteiger partial charge in [-0.1, -0.05) is 6.07 Å². The Labute approximate surface area is 139 Å². The summed E-state index contributed by atoms with van der Waals surface area (Å²) >= 11 is 0. The van der Waals surface area contributed by atoms with Gasteiger partial charge in [-0.2, -0.15) is 0 Å². The van der Waals surface area contributed by atoms with Gasteiger partial charge in [0, 0.05) is 25.3 Å². The third-order valence-corrected chi connectivity index (χ3v) is 4.68. The second-order valence-corrected chi connectivity index (χ2v) is 7.67. The molecule has 4 heteroatoms. The molecule has 0 saturated carbocycles. The van der Waals surface area contributed by atoms with E-state index in [2.05, 4.69) is 28.4 Å². The van der Waals surface area contributed by atoms with E-state index in [0.29, 0.717) is 0 Å². The number of piperidine rings is 1. The molecule has 0 radical (unpaired) electrons. The lowest BCUT2D eigenvalue weighted by Gasteiger charge is -2.34. The van der Waals surface area contributed by atoms with Crippen molar-refractivity contribution in [3.63, 3.8) is 0 Å². The first kappa shape index (κ1) is 16.3. The van der Waals surface area contributed by atoms with Crippen LogP contribution in [0.25, 0.3) is 0 Å². The summed E-state index contributed by atoms with van der Waals surface area (Å²) in [6.45, 7) is 9.71. The van der Waals surface area contributed by atoms with Crippen molar-refractivity contribution in [1.29, 1.82) is 0 Å². The Hall–Kier alpha value is -1.55. The number of ether oxygens (including phenoxy) is 1. The molecule has 3 rings (SSSR count). The number of anilines is 1. The van der Waals surface area contributed by atoms with Crippen LogP contribution in [0.2, 0.25) is 0 Å². The van der Waals surface area contributed by atoms with Gasteiger partial charge in [-0.3, -0.25) is 4.79 Å². The fourth-order valence-electron chi connectivity index (χ4n) is 3.42. The molecule has 1 fully saturated rings. The van der Waals surface area contributed by atoms with Crippen molar-refractivity contribution in [3.05, 3.63) is 29.3 Å². The number of hydrogen-bond donors (Lipinski definition) is 1. The second kappa shape index (κ2) is 6.52. The first-order valence-corrected chi connectivity index (χ1v) is 8.73. The van der Waals surface area contributed by atoms with Crippen LogP contribution in [0.1, 0.15) is 44.7 Å². The van der Waals surface area contributed by atoms with Crippen LogP contribution in [0.4, 0.5) is 5.69 Å². The third-order valence-electron chi connectivity index (χ3n) is 4.68. The summed E-state index contributed by atoms with van der Waals surface area (Å²) < 4.78 is 5.53. The van der Waals surface area contributed by atoms with Gasteiger partial charge in [0.1, 0.15) is 5.60 Å². The molecule has 4 nitrogen and oxygen atoms in total. The minimum Gasteiger partial charge on any atom is -0.460 e. The van der Waals surface area contributed by atoms with Crippen molar-refractivity contribution in [3.8, 4) is 0 Å². The van der Waals surface area contributed by atoms with Gasteiger partial charge in [-0.15, -0.1) is 0 Å². The van der Waals surface area contributed by atoms with Gasteiger partial charge < -0.3 is 15.0 Å². The summed E-state index contributed by atoms with van der Waals surface area (Å²) in [7, 11) is 0. The molecule has 0 unspecified atom stereocenters. The van der Waals surface area contributed by atoms with Gasteiger partial charge in [0.2, 0.25) is 0 Å². The van der Waals surface area contributed by atoms with Crippen molar-refractivity contribution in [2.24, 2.45) is 5.92 Å². The van der Waals surface area contributed by atoms with Gasteiger partial charge in [-0.05, 0) is 69.8 Å². The van der Waals surface area contributed by atoms with Crippen LogP contribution in [0.3, 0.4) is 0 Å². The molecule has 0 aromatic heterocycles. The van der Waals surface area contributed by atoms with Crippen molar-refractivity contribution in [2.45, 2.75) is 52.2 Å². The molecule has 0 aliphatic carbocycles. The maximum Gasteiger partial charge on any atom is 0.309 e. The molecule has 2 aliphatic heterocycles. The average molecular weight is 316 g/mol. The van der Waals surface area contributed by atoms with E-state index in [-0.39, 0.29) is 17.5 Å². The first-order valence-electron chi connectivity index (χ1n) is 8.73. The SMILES string of the molecule is CC(C)(C)OC(=O)C1CCN(c2ccc3c(c2)CCNC3)CC1. The van der Waals surface area contributed by atoms with Gasteiger partial charge in [0.25, 0.3) is 0 Å². The Morgan fingerprint density at radius 3 is 2.65 bits per heavy atom. The summed E-state index contributed by atoms with van der Waals surface area (Å²) in [4.78, 5) is 14.6. The van der Waals surface area contributed by atoms with Crippen LogP contribution in [0.5, 0.6) is 0 Å². The van der Waals surface area contributed by atoms with Crippen molar-refractivity contribution in [2.75, 3.05) is 24.5 Å². The molecule has 1 N–H and O–H groups in total. The fraction of sp³-hybridized carbons (Fsp3) is 0.632. The zero-order valence-electron chi connectivity index (χ0n) is 14.5. The molecule has 1 saturated heterocycles. The van der Waals surface area contributed by atoms with Crippen LogP contribution >= 0.6 is 0 Å². The highest BCUT2D eigenvalue weighted by atomic mass is 16.6. The maximum atomic E-state index is 12.2. The maximum absolute atomic E-state index is 12.2. The lowest BCUT2D eigenvalue weighted by Crippen LogP contribution is -2.39. The normalized spacial score (nSPS) is 19.3. The number of nitrogens with zero attached hydrogens (tertiary/aromatic N) is 1. The molecule has 2 heterocycles. The Bertz CT molecular complexity index is 569. The van der Waals surface area contributed by atoms with Gasteiger partial charge in [-0.25, -0.2) is 0 Å². The summed E-state index contributed by atoms with van der Waals surface area (Å²) in [5.74, 6) is 0.0148. The number of nitrogens with one attached hydrogen (secondary N) is 1. The van der Waals surface area contributed by atoms with E-state index in [9.17, 15) is 4.79 Å². The number of benzene rings is 1. The number of esters is 1. The zero-order valence-corrected chi connectivity index (χ0v) is 14.5. The van der Waals surface area contributed by atoms with E-state index >= 15 is 0 Å². The van der Waals surface area contributed by atoms with E-state index < -0.39 is 0 Å². The van der Waals surface area contributed by atoms with Gasteiger partial charge >= 0.3 is 5.97 Å². The number of hydrogen-bond acceptors (Lipinski definition) is 4. The quantitative estimate of drug-likeness (QED) is 0.852.